The molecular formula is C32H34N6O3. The lowest BCUT2D eigenvalue weighted by Gasteiger charge is -2.33. The molecule has 3 aliphatic rings. The number of carbonyl (C=O) groups is 2. The van der Waals surface area contributed by atoms with E-state index in [0.717, 1.165) is 60.4 Å². The molecule has 7 rings (SSSR count). The minimum atomic E-state index is -0.249. The van der Waals surface area contributed by atoms with E-state index in [-0.39, 0.29) is 29.8 Å². The molecule has 3 heterocycles. The number of benzene rings is 2. The van der Waals surface area contributed by atoms with Gasteiger partial charge in [0.25, 0.3) is 0 Å². The van der Waals surface area contributed by atoms with Gasteiger partial charge in [-0.25, -0.2) is 9.97 Å². The third-order valence-electron chi connectivity index (χ3n) is 8.43. The summed E-state index contributed by atoms with van der Waals surface area (Å²) in [7, 11) is 0. The normalized spacial score (nSPS) is 20.2. The zero-order valence-corrected chi connectivity index (χ0v) is 23.3. The maximum atomic E-state index is 12.7. The number of anilines is 1. The van der Waals surface area contributed by atoms with Crippen molar-refractivity contribution < 1.29 is 14.3 Å². The number of esters is 1. The number of fused-ring (bicyclic) bond motifs is 2. The molecule has 2 fully saturated rings. The number of carbonyl (C=O) groups excluding carboxylic acids is 2. The largest absolute Gasteiger partial charge is 0.466 e. The molecule has 0 spiro atoms. The highest BCUT2D eigenvalue weighted by atomic mass is 16.5. The van der Waals surface area contributed by atoms with Crippen LogP contribution in [0.15, 0.2) is 54.7 Å². The second-order valence-electron chi connectivity index (χ2n) is 11.4. The summed E-state index contributed by atoms with van der Waals surface area (Å²) in [5.41, 5.74) is 2.87. The third kappa shape index (κ3) is 5.05. The first-order valence-electron chi connectivity index (χ1n) is 14.7. The Morgan fingerprint density at radius 2 is 1.85 bits per heavy atom. The second kappa shape index (κ2) is 10.6. The number of ether oxygens (including phenoxy) is 1. The minimum absolute atomic E-state index is 0.100. The van der Waals surface area contributed by atoms with Crippen molar-refractivity contribution in [2.45, 2.75) is 51.5 Å². The van der Waals surface area contributed by atoms with Gasteiger partial charge in [0, 0.05) is 55.3 Å². The van der Waals surface area contributed by atoms with Crippen LogP contribution in [0.25, 0.3) is 28.0 Å². The van der Waals surface area contributed by atoms with Gasteiger partial charge in [0.1, 0.15) is 11.6 Å². The highest BCUT2D eigenvalue weighted by molar-refractivity contribution is 5.87. The number of rotatable bonds is 7. The lowest BCUT2D eigenvalue weighted by Crippen LogP contribution is -2.45. The Morgan fingerprint density at radius 1 is 1.00 bits per heavy atom. The number of likely N-dealkylation sites (tertiary alicyclic amines) is 1. The molecule has 1 saturated carbocycles. The highest BCUT2D eigenvalue weighted by Gasteiger charge is 2.36. The van der Waals surface area contributed by atoms with Gasteiger partial charge < -0.3 is 15.0 Å². The monoisotopic (exact) mass is 550 g/mol. The maximum absolute atomic E-state index is 12.7. The standard InChI is InChI=1S/C32H34N6O3/c1-2-41-31(40)24-17-26-27(18-24)38(29(35-26)23-12-9-20-6-3-4-7-22(20)16-23)28-13-14-33-32(36-28)34-25-8-5-15-37(19-25)30(39)21-10-11-21/h3-4,6-7,9,12-14,16,21,24-25H,2,5,8,10-11,15,17-19H2,1H3,(H,33,34,36)/t24?,25-/m0/s1. The van der Waals surface area contributed by atoms with E-state index in [0.29, 0.717) is 37.8 Å². The summed E-state index contributed by atoms with van der Waals surface area (Å²) in [6.45, 7) is 3.69. The topological polar surface area (TPSA) is 102 Å². The Balaban J connectivity index is 1.22. The molecule has 2 aromatic carbocycles. The fourth-order valence-corrected chi connectivity index (χ4v) is 6.22. The summed E-state index contributed by atoms with van der Waals surface area (Å²) < 4.78 is 7.42. The number of nitrogens with one attached hydrogen (secondary N) is 1. The SMILES string of the molecule is CCOC(=O)C1Cc2nc(-c3ccc4ccccc4c3)n(-c3ccnc(N[C@H]4CCCN(C(=O)C5CC5)C4)n3)c2C1. The van der Waals surface area contributed by atoms with Crippen molar-refractivity contribution in [3.63, 3.8) is 0 Å². The maximum Gasteiger partial charge on any atom is 0.309 e. The fourth-order valence-electron chi connectivity index (χ4n) is 6.22. The Hall–Kier alpha value is -4.27. The van der Waals surface area contributed by atoms with Gasteiger partial charge in [-0.1, -0.05) is 36.4 Å². The molecule has 2 aromatic heterocycles. The summed E-state index contributed by atoms with van der Waals surface area (Å²) in [6.07, 6.45) is 6.81. The molecule has 0 bridgehead atoms. The van der Waals surface area contributed by atoms with Crippen LogP contribution in [-0.4, -0.2) is 62.0 Å². The summed E-state index contributed by atoms with van der Waals surface area (Å²) in [4.78, 5) is 41.8. The average Bonchev–Trinajstić information content (AvgIpc) is 3.67. The summed E-state index contributed by atoms with van der Waals surface area (Å²) in [6, 6.07) is 16.6. The highest BCUT2D eigenvalue weighted by Crippen LogP contribution is 2.36. The second-order valence-corrected chi connectivity index (χ2v) is 11.4. The van der Waals surface area contributed by atoms with Crippen LogP contribution in [0.4, 0.5) is 5.95 Å². The van der Waals surface area contributed by atoms with Gasteiger partial charge >= 0.3 is 5.97 Å². The van der Waals surface area contributed by atoms with E-state index in [9.17, 15) is 9.59 Å². The van der Waals surface area contributed by atoms with Crippen molar-refractivity contribution in [2.75, 3.05) is 25.0 Å². The van der Waals surface area contributed by atoms with Crippen molar-refractivity contribution in [3.05, 3.63) is 66.1 Å². The Labute approximate surface area is 239 Å². The van der Waals surface area contributed by atoms with Gasteiger partial charge in [0.2, 0.25) is 11.9 Å². The molecule has 4 aromatic rings. The number of amides is 1. The quantitative estimate of drug-likeness (QED) is 0.336. The molecule has 2 atom stereocenters. The molecule has 1 unspecified atom stereocenters. The third-order valence-corrected chi connectivity index (χ3v) is 8.43. The molecule has 1 N–H and O–H groups in total. The molecule has 1 saturated heterocycles. The zero-order valence-electron chi connectivity index (χ0n) is 23.3. The predicted molar refractivity (Wildman–Crippen MR) is 156 cm³/mol. The van der Waals surface area contributed by atoms with Crippen molar-refractivity contribution in [1.29, 1.82) is 0 Å². The van der Waals surface area contributed by atoms with Gasteiger partial charge in [0.05, 0.1) is 18.2 Å². The predicted octanol–water partition coefficient (Wildman–Crippen LogP) is 4.57. The Bertz CT molecular complexity index is 1630. The van der Waals surface area contributed by atoms with Crippen LogP contribution in [0.2, 0.25) is 0 Å². The number of hydrogen-bond donors (Lipinski definition) is 1. The van der Waals surface area contributed by atoms with Crippen LogP contribution < -0.4 is 5.32 Å². The molecule has 1 amide bonds. The lowest BCUT2D eigenvalue weighted by atomic mass is 10.1. The van der Waals surface area contributed by atoms with Crippen LogP contribution in [0.3, 0.4) is 0 Å². The molecule has 9 heteroatoms. The summed E-state index contributed by atoms with van der Waals surface area (Å²) in [5, 5.41) is 5.80. The van der Waals surface area contributed by atoms with Crippen molar-refractivity contribution in [2.24, 2.45) is 11.8 Å². The fraction of sp³-hybridized carbons (Fsp3) is 0.406. The average molecular weight is 551 g/mol. The van der Waals surface area contributed by atoms with E-state index in [2.05, 4.69) is 45.2 Å². The molecule has 210 valence electrons. The van der Waals surface area contributed by atoms with Gasteiger partial charge in [-0.3, -0.25) is 14.2 Å². The Morgan fingerprint density at radius 3 is 2.68 bits per heavy atom. The number of hydrogen-bond acceptors (Lipinski definition) is 7. The molecule has 9 nitrogen and oxygen atoms in total. The van der Waals surface area contributed by atoms with E-state index < -0.39 is 0 Å². The van der Waals surface area contributed by atoms with Gasteiger partial charge in [0.15, 0.2) is 0 Å². The van der Waals surface area contributed by atoms with Crippen LogP contribution >= 0.6 is 0 Å². The van der Waals surface area contributed by atoms with Crippen LogP contribution in [0.1, 0.15) is 44.0 Å². The first kappa shape index (κ1) is 25.7. The van der Waals surface area contributed by atoms with E-state index >= 15 is 0 Å². The van der Waals surface area contributed by atoms with E-state index in [1.54, 1.807) is 6.20 Å². The smallest absolute Gasteiger partial charge is 0.309 e. The van der Waals surface area contributed by atoms with E-state index in [1.807, 2.05) is 30.0 Å². The Kier molecular flexibility index (Phi) is 6.65. The number of imidazole rings is 1. The number of piperidine rings is 1. The molecule has 0 radical (unpaired) electrons. The summed E-state index contributed by atoms with van der Waals surface area (Å²) in [5.74, 6) is 2.11. The minimum Gasteiger partial charge on any atom is -0.466 e. The zero-order chi connectivity index (χ0) is 27.9. The molecule has 2 aliphatic carbocycles. The number of nitrogens with zero attached hydrogens (tertiary/aromatic N) is 5. The van der Waals surface area contributed by atoms with E-state index in [4.69, 9.17) is 14.7 Å². The van der Waals surface area contributed by atoms with Gasteiger partial charge in [-0.2, -0.15) is 4.98 Å². The van der Waals surface area contributed by atoms with Crippen molar-refractivity contribution >= 4 is 28.6 Å². The molecule has 1 aliphatic heterocycles. The van der Waals surface area contributed by atoms with Crippen molar-refractivity contribution in [1.82, 2.24) is 24.4 Å². The molecule has 41 heavy (non-hydrogen) atoms. The lowest BCUT2D eigenvalue weighted by molar-refractivity contribution is -0.147. The first-order chi connectivity index (χ1) is 20.1. The van der Waals surface area contributed by atoms with Gasteiger partial charge in [-0.15, -0.1) is 0 Å². The van der Waals surface area contributed by atoms with Gasteiger partial charge in [-0.05, 0) is 55.5 Å². The van der Waals surface area contributed by atoms with E-state index in [1.165, 1.54) is 5.39 Å². The molecular weight excluding hydrogens is 516 g/mol. The number of aromatic nitrogens is 4. The van der Waals surface area contributed by atoms with Crippen LogP contribution in [0.5, 0.6) is 0 Å². The van der Waals surface area contributed by atoms with Crippen LogP contribution in [0, 0.1) is 11.8 Å². The first-order valence-corrected chi connectivity index (χ1v) is 14.7. The van der Waals surface area contributed by atoms with Crippen LogP contribution in [-0.2, 0) is 27.2 Å². The summed E-state index contributed by atoms with van der Waals surface area (Å²) >= 11 is 0. The van der Waals surface area contributed by atoms with Crippen molar-refractivity contribution in [3.8, 4) is 17.2 Å².